The molecular formula is C30H42N4O6S. The lowest BCUT2D eigenvalue weighted by Gasteiger charge is -2.34. The van der Waals surface area contributed by atoms with Crippen molar-refractivity contribution < 1.29 is 29.4 Å². The second-order valence-electron chi connectivity index (χ2n) is 11.9. The number of aliphatic carboxylic acids is 1. The monoisotopic (exact) mass is 586 g/mol. The normalized spacial score (nSPS) is 18.0. The molecule has 3 atom stereocenters. The van der Waals surface area contributed by atoms with E-state index in [1.807, 2.05) is 57.5 Å². The van der Waals surface area contributed by atoms with Crippen LogP contribution in [0.3, 0.4) is 0 Å². The van der Waals surface area contributed by atoms with Gasteiger partial charge < -0.3 is 25.3 Å². The lowest BCUT2D eigenvalue weighted by Crippen LogP contribution is -2.50. The first-order valence-electron chi connectivity index (χ1n) is 13.9. The predicted octanol–water partition coefficient (Wildman–Crippen LogP) is 3.11. The highest BCUT2D eigenvalue weighted by Gasteiger charge is 2.44. The molecule has 1 saturated heterocycles. The van der Waals surface area contributed by atoms with Crippen LogP contribution in [0.15, 0.2) is 29.8 Å². The largest absolute Gasteiger partial charge is 0.481 e. The molecule has 1 aliphatic rings. The van der Waals surface area contributed by atoms with Gasteiger partial charge in [-0.05, 0) is 30.5 Å². The molecule has 0 saturated carbocycles. The first-order valence-corrected chi connectivity index (χ1v) is 14.8. The van der Waals surface area contributed by atoms with Gasteiger partial charge in [0.2, 0.25) is 11.8 Å². The summed E-state index contributed by atoms with van der Waals surface area (Å²) in [4.78, 5) is 59.2. The number of nitrogens with zero attached hydrogens (tertiary/aromatic N) is 3. The minimum Gasteiger partial charge on any atom is -0.481 e. The van der Waals surface area contributed by atoms with Crippen LogP contribution >= 0.6 is 11.3 Å². The van der Waals surface area contributed by atoms with Crippen LogP contribution in [0.25, 0.3) is 10.4 Å². The Morgan fingerprint density at radius 2 is 1.80 bits per heavy atom. The van der Waals surface area contributed by atoms with Gasteiger partial charge in [-0.2, -0.15) is 0 Å². The van der Waals surface area contributed by atoms with Gasteiger partial charge in [0.25, 0.3) is 0 Å². The SMILES string of the molecule is Cc1ncsc1-c1ccc(CNC(=O)[C@@H]2C[C@@H](O)CN2C(=O)[C@@H](CC(=O)CCN(C)CCC(=O)O)C(C)(C)C)cc1. The highest BCUT2D eigenvalue weighted by atomic mass is 32.1. The number of aromatic nitrogens is 1. The van der Waals surface area contributed by atoms with Crippen molar-refractivity contribution in [3.8, 4) is 10.4 Å². The number of thiazole rings is 1. The highest BCUT2D eigenvalue weighted by Crippen LogP contribution is 2.34. The lowest BCUT2D eigenvalue weighted by molar-refractivity contribution is -0.146. The number of likely N-dealkylation sites (tertiary alicyclic amines) is 1. The number of benzene rings is 1. The van der Waals surface area contributed by atoms with Crippen LogP contribution in [0.2, 0.25) is 0 Å². The van der Waals surface area contributed by atoms with Crippen LogP contribution in [0.5, 0.6) is 0 Å². The van der Waals surface area contributed by atoms with Crippen molar-refractivity contribution >= 4 is 34.9 Å². The number of hydrogen-bond donors (Lipinski definition) is 3. The third kappa shape index (κ3) is 9.17. The third-order valence-electron chi connectivity index (χ3n) is 7.55. The van der Waals surface area contributed by atoms with Crippen molar-refractivity contribution in [3.63, 3.8) is 0 Å². The Morgan fingerprint density at radius 1 is 1.15 bits per heavy atom. The number of aliphatic hydroxyl groups is 1. The van der Waals surface area contributed by atoms with Gasteiger partial charge in [-0.15, -0.1) is 11.3 Å². The molecule has 3 rings (SSSR count). The minimum absolute atomic E-state index is 0.00754. The van der Waals surface area contributed by atoms with E-state index in [9.17, 15) is 24.3 Å². The fourth-order valence-electron chi connectivity index (χ4n) is 4.97. The number of Topliss-reactive ketones (excluding diaryl/α,β-unsaturated/α-hetero) is 1. The van der Waals surface area contributed by atoms with Crippen LogP contribution in [0.1, 0.15) is 57.7 Å². The Hall–Kier alpha value is -3.15. The molecular weight excluding hydrogens is 544 g/mol. The van der Waals surface area contributed by atoms with E-state index in [2.05, 4.69) is 10.3 Å². The Balaban J connectivity index is 1.61. The number of carbonyl (C=O) groups is 4. The molecule has 41 heavy (non-hydrogen) atoms. The Kier molecular flexibility index (Phi) is 11.2. The molecule has 0 radical (unpaired) electrons. The molecule has 1 aromatic heterocycles. The zero-order valence-electron chi connectivity index (χ0n) is 24.6. The lowest BCUT2D eigenvalue weighted by atomic mass is 9.76. The molecule has 11 heteroatoms. The van der Waals surface area contributed by atoms with Gasteiger partial charge in [0.1, 0.15) is 11.8 Å². The summed E-state index contributed by atoms with van der Waals surface area (Å²) in [7, 11) is 1.76. The zero-order valence-corrected chi connectivity index (χ0v) is 25.4. The zero-order chi connectivity index (χ0) is 30.3. The first kappa shape index (κ1) is 32.4. The molecule has 0 aliphatic carbocycles. The first-order chi connectivity index (χ1) is 19.3. The quantitative estimate of drug-likeness (QED) is 0.325. The van der Waals surface area contributed by atoms with E-state index in [0.717, 1.165) is 21.7 Å². The Morgan fingerprint density at radius 3 is 2.39 bits per heavy atom. The smallest absolute Gasteiger partial charge is 0.304 e. The summed E-state index contributed by atoms with van der Waals surface area (Å²) in [6.45, 7) is 8.69. The second kappa shape index (κ2) is 14.2. The number of ketones is 1. The summed E-state index contributed by atoms with van der Waals surface area (Å²) in [6.07, 6.45) is -0.478. The number of aryl methyl sites for hydroxylation is 1. The van der Waals surface area contributed by atoms with Crippen molar-refractivity contribution in [2.24, 2.45) is 11.3 Å². The van der Waals surface area contributed by atoms with Gasteiger partial charge in [0.15, 0.2) is 0 Å². The van der Waals surface area contributed by atoms with E-state index in [4.69, 9.17) is 5.11 Å². The van der Waals surface area contributed by atoms with Gasteiger partial charge in [0.05, 0.1) is 28.6 Å². The van der Waals surface area contributed by atoms with Crippen LogP contribution in [-0.2, 0) is 25.7 Å². The van der Waals surface area contributed by atoms with Crippen molar-refractivity contribution in [1.82, 2.24) is 20.1 Å². The van der Waals surface area contributed by atoms with Crippen molar-refractivity contribution in [2.75, 3.05) is 26.7 Å². The molecule has 2 aromatic rings. The maximum Gasteiger partial charge on any atom is 0.304 e. The number of aliphatic hydroxyl groups excluding tert-OH is 1. The van der Waals surface area contributed by atoms with Crippen molar-refractivity contribution in [3.05, 3.63) is 41.0 Å². The maximum atomic E-state index is 13.8. The number of carboxylic acids is 1. The van der Waals surface area contributed by atoms with Crippen LogP contribution in [0.4, 0.5) is 0 Å². The molecule has 1 aliphatic heterocycles. The van der Waals surface area contributed by atoms with Gasteiger partial charge >= 0.3 is 5.97 Å². The van der Waals surface area contributed by atoms with Crippen molar-refractivity contribution in [2.45, 2.75) is 72.1 Å². The molecule has 2 amide bonds. The van der Waals surface area contributed by atoms with E-state index < -0.39 is 29.4 Å². The fourth-order valence-corrected chi connectivity index (χ4v) is 5.79. The van der Waals surface area contributed by atoms with E-state index in [1.54, 1.807) is 23.3 Å². The summed E-state index contributed by atoms with van der Waals surface area (Å²) >= 11 is 1.58. The van der Waals surface area contributed by atoms with E-state index in [1.165, 1.54) is 4.90 Å². The third-order valence-corrected chi connectivity index (χ3v) is 8.53. The molecule has 1 aromatic carbocycles. The Labute approximate surface area is 245 Å². The average molecular weight is 587 g/mol. The number of hydrogen-bond acceptors (Lipinski definition) is 8. The van der Waals surface area contributed by atoms with Crippen LogP contribution in [0, 0.1) is 18.3 Å². The highest BCUT2D eigenvalue weighted by molar-refractivity contribution is 7.13. The van der Waals surface area contributed by atoms with Gasteiger partial charge in [-0.1, -0.05) is 45.0 Å². The molecule has 3 N–H and O–H groups in total. The number of rotatable bonds is 13. The average Bonchev–Trinajstić information content (AvgIpc) is 3.52. The number of amides is 2. The van der Waals surface area contributed by atoms with Crippen molar-refractivity contribution in [1.29, 1.82) is 0 Å². The summed E-state index contributed by atoms with van der Waals surface area (Å²) in [5.41, 5.74) is 4.21. The van der Waals surface area contributed by atoms with E-state index >= 15 is 0 Å². The van der Waals surface area contributed by atoms with Gasteiger partial charge in [0, 0.05) is 51.4 Å². The molecule has 1 fully saturated rings. The number of nitrogens with one attached hydrogen (secondary N) is 1. The molecule has 0 unspecified atom stereocenters. The summed E-state index contributed by atoms with van der Waals surface area (Å²) in [6, 6.07) is 7.06. The standard InChI is InChI=1S/C30H42N4O6S/c1-19-27(41-18-32-19)21-8-6-20(7-9-21)16-31-28(39)25-15-23(36)17-34(25)29(40)24(30(2,3)4)14-22(35)10-12-33(5)13-11-26(37)38/h6-9,18,23-25,36H,10-17H2,1-5H3,(H,31,39)(H,37,38)/t23-,24-,25+/m1/s1. The topological polar surface area (TPSA) is 140 Å². The summed E-state index contributed by atoms with van der Waals surface area (Å²) in [5, 5.41) is 22.2. The van der Waals surface area contributed by atoms with Crippen LogP contribution in [-0.4, -0.2) is 87.4 Å². The number of carbonyl (C=O) groups excluding carboxylic acids is 3. The van der Waals surface area contributed by atoms with Crippen LogP contribution < -0.4 is 5.32 Å². The molecule has 0 spiro atoms. The van der Waals surface area contributed by atoms with E-state index in [-0.39, 0.29) is 56.4 Å². The van der Waals surface area contributed by atoms with Gasteiger partial charge in [-0.3, -0.25) is 19.2 Å². The molecule has 0 bridgehead atoms. The Bertz CT molecular complexity index is 1220. The summed E-state index contributed by atoms with van der Waals surface area (Å²) < 4.78 is 0. The predicted molar refractivity (Wildman–Crippen MR) is 157 cm³/mol. The second-order valence-corrected chi connectivity index (χ2v) is 12.8. The fraction of sp³-hybridized carbons (Fsp3) is 0.567. The minimum atomic E-state index is -0.896. The van der Waals surface area contributed by atoms with E-state index in [0.29, 0.717) is 13.1 Å². The summed E-state index contributed by atoms with van der Waals surface area (Å²) in [5.74, 6) is -2.31. The maximum absolute atomic E-state index is 13.8. The molecule has 2 heterocycles. The van der Waals surface area contributed by atoms with Gasteiger partial charge in [-0.25, -0.2) is 4.98 Å². The molecule has 10 nitrogen and oxygen atoms in total. The number of carboxylic acid groups (broad SMARTS) is 1. The molecule has 224 valence electrons. The number of β-amino-alcohol motifs (C(OH)–C–C–N with tert-alkyl or cyclic N) is 1.